The van der Waals surface area contributed by atoms with Crippen molar-refractivity contribution in [3.05, 3.63) is 34.7 Å². The molecule has 18 heteroatoms. The number of hydrogen-bond acceptors (Lipinski definition) is 11. The Morgan fingerprint density at radius 1 is 1.18 bits per heavy atom. The smallest absolute Gasteiger partial charge is 0.401 e. The van der Waals surface area contributed by atoms with E-state index in [1.54, 1.807) is 0 Å². The largest absolute Gasteiger partial charge is 0.467 e. The number of methoxy groups -OCH3 is 1. The number of likely N-dealkylation sites (N-methyl/N-ethyl adjacent to an activating group) is 1. The fourth-order valence-electron chi connectivity index (χ4n) is 6.24. The summed E-state index contributed by atoms with van der Waals surface area (Å²) in [5, 5.41) is 5.72. The van der Waals surface area contributed by atoms with Crippen LogP contribution in [0, 0.1) is 0 Å². The molecule has 1 unspecified atom stereocenters. The molecule has 2 aromatic rings. The maximum atomic E-state index is 14.9. The molecule has 5 atom stereocenters. The zero-order chi connectivity index (χ0) is 36.8. The lowest BCUT2D eigenvalue weighted by molar-refractivity contribution is -0.147. The number of nitrogens with one attached hydrogen (secondary N) is 2. The Balaban J connectivity index is 1.53. The number of ether oxygens (including phenoxy) is 1. The van der Waals surface area contributed by atoms with Gasteiger partial charge in [0, 0.05) is 42.1 Å². The van der Waals surface area contributed by atoms with Gasteiger partial charge >= 0.3 is 19.2 Å². The van der Waals surface area contributed by atoms with Crippen molar-refractivity contribution in [3.63, 3.8) is 0 Å². The normalized spacial score (nSPS) is 21.9. The van der Waals surface area contributed by atoms with Crippen LogP contribution in [0.25, 0.3) is 10.1 Å². The molecule has 0 aliphatic carbocycles. The van der Waals surface area contributed by atoms with Gasteiger partial charge in [0.25, 0.3) is 5.91 Å². The first-order valence-corrected chi connectivity index (χ1v) is 19.8. The Labute approximate surface area is 297 Å². The molecule has 0 bridgehead atoms. The third-order valence-electron chi connectivity index (χ3n) is 8.82. The zero-order valence-electron chi connectivity index (χ0n) is 28.3. The van der Waals surface area contributed by atoms with Crippen LogP contribution in [-0.4, -0.2) is 107 Å². The van der Waals surface area contributed by atoms with Crippen molar-refractivity contribution in [1.29, 1.82) is 0 Å². The van der Waals surface area contributed by atoms with Crippen molar-refractivity contribution < 1.29 is 51.5 Å². The van der Waals surface area contributed by atoms with E-state index in [1.807, 2.05) is 11.8 Å². The van der Waals surface area contributed by atoms with Gasteiger partial charge in [-0.1, -0.05) is 24.8 Å². The van der Waals surface area contributed by atoms with E-state index in [-0.39, 0.29) is 41.0 Å². The Bertz CT molecular complexity index is 1640. The number of carbonyl (C=O) groups is 5. The number of amides is 3. The second kappa shape index (κ2) is 17.0. The second-order valence-corrected chi connectivity index (χ2v) is 16.3. The molecule has 0 spiro atoms. The van der Waals surface area contributed by atoms with E-state index in [0.29, 0.717) is 49.2 Å². The molecule has 2 fully saturated rings. The summed E-state index contributed by atoms with van der Waals surface area (Å²) < 4.78 is 51.8. The summed E-state index contributed by atoms with van der Waals surface area (Å²) in [5.74, 6) is -1.76. The maximum absolute atomic E-state index is 14.9. The van der Waals surface area contributed by atoms with Crippen LogP contribution in [-0.2, 0) is 38.7 Å². The summed E-state index contributed by atoms with van der Waals surface area (Å²) in [6.07, 6.45) is 2.23. The van der Waals surface area contributed by atoms with Crippen LogP contribution in [0.3, 0.4) is 0 Å². The molecule has 4 rings (SSSR count). The van der Waals surface area contributed by atoms with E-state index in [4.69, 9.17) is 4.74 Å². The minimum Gasteiger partial charge on any atom is -0.467 e. The SMILES string of the molecule is CCOP(=O)(O)C(F)(F)c1ccc2sc(C(=O)N[C@H]3CN(CC)CC[C@H]4CC[C@@H](C(=O)N[C@@H](CCCSC(C)=O)C(=O)OC)N4C3=O)cc2c1. The minimum absolute atomic E-state index is 0.0563. The first kappa shape index (κ1) is 39.8. The average Bonchev–Trinajstić information content (AvgIpc) is 3.70. The van der Waals surface area contributed by atoms with Crippen LogP contribution in [0.2, 0.25) is 0 Å². The third kappa shape index (κ3) is 9.09. The highest BCUT2D eigenvalue weighted by molar-refractivity contribution is 8.13. The van der Waals surface area contributed by atoms with Gasteiger partial charge in [0.2, 0.25) is 11.8 Å². The minimum atomic E-state index is -5.32. The number of thioether (sulfide) groups is 1. The first-order chi connectivity index (χ1) is 23.6. The van der Waals surface area contributed by atoms with E-state index in [9.17, 15) is 42.2 Å². The Hall–Kier alpha value is -2.95. The number of benzene rings is 1. The van der Waals surface area contributed by atoms with E-state index in [1.165, 1.54) is 38.0 Å². The summed E-state index contributed by atoms with van der Waals surface area (Å²) in [6, 6.07) is 1.57. The molecule has 0 saturated carbocycles. The second-order valence-electron chi connectivity index (χ2n) is 12.1. The number of fused-ring (bicyclic) bond motifs is 2. The van der Waals surface area contributed by atoms with Gasteiger partial charge in [0.15, 0.2) is 5.12 Å². The maximum Gasteiger partial charge on any atom is 0.401 e. The van der Waals surface area contributed by atoms with Crippen molar-refractivity contribution in [2.75, 3.05) is 39.1 Å². The summed E-state index contributed by atoms with van der Waals surface area (Å²) in [5.41, 5.74) is -4.92. The molecule has 1 aromatic heterocycles. The predicted octanol–water partition coefficient (Wildman–Crippen LogP) is 4.07. The molecular weight excluding hydrogens is 717 g/mol. The molecule has 3 heterocycles. The molecular formula is C32H43F2N4O9PS2. The van der Waals surface area contributed by atoms with E-state index in [2.05, 4.69) is 15.2 Å². The third-order valence-corrected chi connectivity index (χ3v) is 12.4. The van der Waals surface area contributed by atoms with Crippen LogP contribution < -0.4 is 10.6 Å². The number of halogens is 2. The monoisotopic (exact) mass is 760 g/mol. The fraction of sp³-hybridized carbons (Fsp3) is 0.594. The highest BCUT2D eigenvalue weighted by atomic mass is 32.2. The van der Waals surface area contributed by atoms with Crippen LogP contribution in [0.1, 0.15) is 68.1 Å². The lowest BCUT2D eigenvalue weighted by Gasteiger charge is -2.38. The van der Waals surface area contributed by atoms with Crippen molar-refractivity contribution in [1.82, 2.24) is 20.4 Å². The summed E-state index contributed by atoms with van der Waals surface area (Å²) in [4.78, 5) is 78.7. The van der Waals surface area contributed by atoms with Gasteiger partial charge in [0.05, 0.1) is 18.6 Å². The Morgan fingerprint density at radius 2 is 1.92 bits per heavy atom. The molecule has 3 N–H and O–H groups in total. The molecule has 2 saturated heterocycles. The van der Waals surface area contributed by atoms with Gasteiger partial charge in [-0.25, -0.2) is 4.79 Å². The van der Waals surface area contributed by atoms with Crippen LogP contribution in [0.15, 0.2) is 24.3 Å². The van der Waals surface area contributed by atoms with Gasteiger partial charge in [-0.05, 0) is 69.2 Å². The first-order valence-electron chi connectivity index (χ1n) is 16.4. The molecule has 0 radical (unpaired) electrons. The van der Waals surface area contributed by atoms with Crippen LogP contribution in [0.5, 0.6) is 0 Å². The van der Waals surface area contributed by atoms with Crippen LogP contribution in [0.4, 0.5) is 8.78 Å². The van der Waals surface area contributed by atoms with E-state index in [0.717, 1.165) is 35.2 Å². The number of thiophene rings is 1. The van der Waals surface area contributed by atoms with Crippen molar-refractivity contribution in [2.24, 2.45) is 0 Å². The predicted molar refractivity (Wildman–Crippen MR) is 185 cm³/mol. The summed E-state index contributed by atoms with van der Waals surface area (Å²) >= 11 is 2.13. The van der Waals surface area contributed by atoms with Crippen LogP contribution >= 0.6 is 30.7 Å². The molecule has 2 aliphatic rings. The average molecular weight is 761 g/mol. The summed E-state index contributed by atoms with van der Waals surface area (Å²) in [7, 11) is -4.11. The highest BCUT2D eigenvalue weighted by Gasteiger charge is 2.52. The quantitative estimate of drug-likeness (QED) is 0.144. The molecule has 276 valence electrons. The van der Waals surface area contributed by atoms with Gasteiger partial charge in [-0.3, -0.25) is 23.7 Å². The Morgan fingerprint density at radius 3 is 2.58 bits per heavy atom. The zero-order valence-corrected chi connectivity index (χ0v) is 30.8. The topological polar surface area (TPSA) is 172 Å². The van der Waals surface area contributed by atoms with Crippen molar-refractivity contribution in [2.45, 2.75) is 82.7 Å². The standard InChI is InChI=1S/C32H43F2N4O9PS2/c1-5-37-14-13-22-10-11-25(28(40)35-23(31(43)46-4)8-7-15-49-19(3)39)38(22)30(42)24(18-37)36-29(41)27-17-20-16-21(9-12-26(20)50-27)32(33,34)48(44,45)47-6-2/h9,12,16-17,22-25H,5-8,10-11,13-15,18H2,1-4H3,(H,35,40)(H,36,41)(H,44,45)/t22-,23+,24+,25+/m1/s1. The fourth-order valence-corrected chi connectivity index (χ4v) is 8.77. The number of carbonyl (C=O) groups excluding carboxylic acids is 5. The number of hydrogen-bond donors (Lipinski definition) is 3. The van der Waals surface area contributed by atoms with Crippen molar-refractivity contribution >= 4 is 69.6 Å². The number of alkyl halides is 2. The van der Waals surface area contributed by atoms with E-state index < -0.39 is 60.6 Å². The van der Waals surface area contributed by atoms with Crippen molar-refractivity contribution in [3.8, 4) is 0 Å². The van der Waals surface area contributed by atoms with E-state index >= 15 is 0 Å². The Kier molecular flexibility index (Phi) is 13.6. The number of nitrogens with zero attached hydrogens (tertiary/aromatic N) is 2. The number of rotatable bonds is 14. The molecule has 50 heavy (non-hydrogen) atoms. The highest BCUT2D eigenvalue weighted by Crippen LogP contribution is 2.63. The summed E-state index contributed by atoms with van der Waals surface area (Å²) in [6.45, 7) is 5.71. The molecule has 1 aromatic carbocycles. The number of esters is 1. The van der Waals surface area contributed by atoms with Gasteiger partial charge in [-0.15, -0.1) is 11.3 Å². The molecule has 13 nitrogen and oxygen atoms in total. The molecule has 3 amide bonds. The van der Waals surface area contributed by atoms with Gasteiger partial charge in [0.1, 0.15) is 18.1 Å². The van der Waals surface area contributed by atoms with Gasteiger partial charge < -0.3 is 34.6 Å². The van der Waals surface area contributed by atoms with Gasteiger partial charge in [-0.2, -0.15) is 8.78 Å². The lowest BCUT2D eigenvalue weighted by atomic mass is 10.1. The molecule has 2 aliphatic heterocycles. The lowest BCUT2D eigenvalue weighted by Crippen LogP contribution is -2.61.